The van der Waals surface area contributed by atoms with E-state index < -0.39 is 0 Å². The number of benzene rings is 1. The molecular formula is C17H15N5O2. The maximum atomic E-state index is 12.6. The number of fused-ring (bicyclic) bond motifs is 2. The number of hydrogen-bond acceptors (Lipinski definition) is 4. The van der Waals surface area contributed by atoms with E-state index in [1.54, 1.807) is 42.5 Å². The average molecular weight is 321 g/mol. The summed E-state index contributed by atoms with van der Waals surface area (Å²) < 4.78 is 0. The summed E-state index contributed by atoms with van der Waals surface area (Å²) in [5.74, 6) is -0.216. The van der Waals surface area contributed by atoms with E-state index in [0.717, 1.165) is 12.0 Å². The largest absolute Gasteiger partial charge is 0.341 e. The molecule has 4 rings (SSSR count). The maximum Gasteiger partial charge on any atom is 0.256 e. The zero-order valence-corrected chi connectivity index (χ0v) is 13.0. The van der Waals surface area contributed by atoms with Gasteiger partial charge in [0.25, 0.3) is 11.8 Å². The van der Waals surface area contributed by atoms with Crippen molar-refractivity contribution >= 4 is 28.5 Å². The molecule has 2 aromatic heterocycles. The molecule has 7 nitrogen and oxygen atoms in total. The van der Waals surface area contributed by atoms with Gasteiger partial charge in [-0.25, -0.2) is 4.98 Å². The molecule has 1 aliphatic rings. The van der Waals surface area contributed by atoms with Gasteiger partial charge in [-0.1, -0.05) is 0 Å². The van der Waals surface area contributed by atoms with E-state index in [-0.39, 0.29) is 11.8 Å². The summed E-state index contributed by atoms with van der Waals surface area (Å²) in [6, 6.07) is 7.04. The van der Waals surface area contributed by atoms with Crippen LogP contribution in [0.15, 0.2) is 36.7 Å². The van der Waals surface area contributed by atoms with Crippen molar-refractivity contribution in [1.29, 1.82) is 0 Å². The molecule has 0 fully saturated rings. The van der Waals surface area contributed by atoms with Crippen LogP contribution in [-0.2, 0) is 6.42 Å². The molecule has 1 aromatic carbocycles. The van der Waals surface area contributed by atoms with Gasteiger partial charge in [-0.05, 0) is 36.2 Å². The Hall–Kier alpha value is -3.22. The van der Waals surface area contributed by atoms with Crippen LogP contribution < -0.4 is 5.32 Å². The van der Waals surface area contributed by atoms with E-state index in [4.69, 9.17) is 0 Å². The molecule has 0 spiro atoms. The Morgan fingerprint density at radius 1 is 1.33 bits per heavy atom. The Labute approximate surface area is 137 Å². The lowest BCUT2D eigenvalue weighted by molar-refractivity contribution is 0.0781. The van der Waals surface area contributed by atoms with Gasteiger partial charge in [0.1, 0.15) is 0 Å². The number of carbonyl (C=O) groups excluding carboxylic acids is 2. The highest BCUT2D eigenvalue weighted by molar-refractivity contribution is 6.11. The van der Waals surface area contributed by atoms with Crippen molar-refractivity contribution in [2.75, 3.05) is 18.9 Å². The second-order valence-electron chi connectivity index (χ2n) is 5.79. The highest BCUT2D eigenvalue weighted by atomic mass is 16.2. The second kappa shape index (κ2) is 5.45. The molecule has 24 heavy (non-hydrogen) atoms. The van der Waals surface area contributed by atoms with Gasteiger partial charge in [-0.3, -0.25) is 14.7 Å². The quantitative estimate of drug-likeness (QED) is 0.753. The van der Waals surface area contributed by atoms with E-state index in [1.807, 2.05) is 6.07 Å². The topological polar surface area (TPSA) is 91.0 Å². The van der Waals surface area contributed by atoms with Crippen molar-refractivity contribution in [3.05, 3.63) is 53.3 Å². The van der Waals surface area contributed by atoms with Crippen LogP contribution in [0, 0.1) is 0 Å². The van der Waals surface area contributed by atoms with Crippen LogP contribution in [0.25, 0.3) is 11.0 Å². The second-order valence-corrected chi connectivity index (χ2v) is 5.79. The van der Waals surface area contributed by atoms with E-state index in [9.17, 15) is 9.59 Å². The number of aromatic amines is 1. The lowest BCUT2D eigenvalue weighted by Gasteiger charge is -2.25. The number of hydrogen-bond donors (Lipinski definition) is 2. The first-order chi connectivity index (χ1) is 11.6. The summed E-state index contributed by atoms with van der Waals surface area (Å²) in [7, 11) is 1.79. The molecule has 0 saturated heterocycles. The summed E-state index contributed by atoms with van der Waals surface area (Å²) in [5.41, 5.74) is 3.40. The van der Waals surface area contributed by atoms with Gasteiger partial charge >= 0.3 is 0 Å². The Bertz CT molecular complexity index is 963. The third kappa shape index (κ3) is 2.30. The number of aromatic nitrogens is 3. The minimum atomic E-state index is -0.233. The van der Waals surface area contributed by atoms with E-state index in [1.165, 1.54) is 0 Å². The zero-order valence-electron chi connectivity index (χ0n) is 13.0. The highest BCUT2D eigenvalue weighted by Crippen LogP contribution is 2.23. The predicted molar refractivity (Wildman–Crippen MR) is 88.9 cm³/mol. The highest BCUT2D eigenvalue weighted by Gasteiger charge is 2.22. The van der Waals surface area contributed by atoms with Crippen molar-refractivity contribution < 1.29 is 9.59 Å². The van der Waals surface area contributed by atoms with E-state index in [2.05, 4.69) is 20.5 Å². The summed E-state index contributed by atoms with van der Waals surface area (Å²) in [4.78, 5) is 30.5. The third-order valence-electron chi connectivity index (χ3n) is 4.26. The summed E-state index contributed by atoms with van der Waals surface area (Å²) >= 11 is 0. The summed E-state index contributed by atoms with van der Waals surface area (Å²) in [5, 5.41) is 10.2. The van der Waals surface area contributed by atoms with Crippen LogP contribution in [0.5, 0.6) is 0 Å². The fourth-order valence-corrected chi connectivity index (χ4v) is 2.93. The Kier molecular flexibility index (Phi) is 3.26. The predicted octanol–water partition coefficient (Wildman–Crippen LogP) is 1.84. The Morgan fingerprint density at radius 2 is 2.21 bits per heavy atom. The van der Waals surface area contributed by atoms with Crippen LogP contribution in [0.3, 0.4) is 0 Å². The van der Waals surface area contributed by atoms with Crippen LogP contribution >= 0.6 is 0 Å². The van der Waals surface area contributed by atoms with Gasteiger partial charge in [-0.2, -0.15) is 5.10 Å². The molecule has 2 N–H and O–H groups in total. The maximum absolute atomic E-state index is 12.6. The average Bonchev–Trinajstić information content (AvgIpc) is 3.07. The first kappa shape index (κ1) is 14.4. The van der Waals surface area contributed by atoms with Crippen LogP contribution in [0.4, 0.5) is 5.69 Å². The molecule has 2 amide bonds. The van der Waals surface area contributed by atoms with Gasteiger partial charge in [0.05, 0.1) is 17.1 Å². The summed E-state index contributed by atoms with van der Waals surface area (Å²) in [6.45, 7) is 0.684. The number of nitrogens with zero attached hydrogens (tertiary/aromatic N) is 3. The molecule has 0 saturated carbocycles. The SMILES string of the molecule is CN1CCc2cc(NC(=O)c3ccnc4[nH]ncc34)ccc2C1=O. The molecule has 3 aromatic rings. The van der Waals surface area contributed by atoms with Gasteiger partial charge in [0.15, 0.2) is 5.65 Å². The smallest absolute Gasteiger partial charge is 0.256 e. The van der Waals surface area contributed by atoms with Crippen LogP contribution in [0.1, 0.15) is 26.3 Å². The normalized spacial score (nSPS) is 13.9. The van der Waals surface area contributed by atoms with Crippen molar-refractivity contribution in [1.82, 2.24) is 20.1 Å². The molecule has 1 aliphatic heterocycles. The molecule has 7 heteroatoms. The number of anilines is 1. The van der Waals surface area contributed by atoms with Crippen molar-refractivity contribution in [2.24, 2.45) is 0 Å². The molecule has 0 radical (unpaired) electrons. The number of carbonyl (C=O) groups is 2. The number of likely N-dealkylation sites (N-methyl/N-ethyl adjacent to an activating group) is 1. The number of rotatable bonds is 2. The van der Waals surface area contributed by atoms with Gasteiger partial charge in [0.2, 0.25) is 0 Å². The minimum absolute atomic E-state index is 0.0170. The Balaban J connectivity index is 1.63. The number of amides is 2. The number of nitrogens with one attached hydrogen (secondary N) is 2. The molecule has 0 unspecified atom stereocenters. The van der Waals surface area contributed by atoms with Crippen molar-refractivity contribution in [3.8, 4) is 0 Å². The molecular weight excluding hydrogens is 306 g/mol. The third-order valence-corrected chi connectivity index (χ3v) is 4.26. The lowest BCUT2D eigenvalue weighted by Crippen LogP contribution is -2.34. The first-order valence-electron chi connectivity index (χ1n) is 7.61. The number of pyridine rings is 1. The fraction of sp³-hybridized carbons (Fsp3) is 0.176. The molecule has 3 heterocycles. The molecule has 0 bridgehead atoms. The van der Waals surface area contributed by atoms with Crippen molar-refractivity contribution in [2.45, 2.75) is 6.42 Å². The van der Waals surface area contributed by atoms with Crippen LogP contribution in [0.2, 0.25) is 0 Å². The lowest BCUT2D eigenvalue weighted by atomic mass is 9.98. The molecule has 120 valence electrons. The monoisotopic (exact) mass is 321 g/mol. The summed E-state index contributed by atoms with van der Waals surface area (Å²) in [6.07, 6.45) is 3.93. The van der Waals surface area contributed by atoms with Gasteiger partial charge in [0, 0.05) is 31.0 Å². The van der Waals surface area contributed by atoms with E-state index in [0.29, 0.717) is 34.4 Å². The first-order valence-corrected chi connectivity index (χ1v) is 7.61. The number of H-pyrrole nitrogens is 1. The Morgan fingerprint density at radius 3 is 3.08 bits per heavy atom. The van der Waals surface area contributed by atoms with Crippen molar-refractivity contribution in [3.63, 3.8) is 0 Å². The molecule has 0 atom stereocenters. The fourth-order valence-electron chi connectivity index (χ4n) is 2.93. The van der Waals surface area contributed by atoms with Crippen LogP contribution in [-0.4, -0.2) is 45.5 Å². The standard InChI is InChI=1S/C17H15N5O2/c1-22-7-5-10-8-11(2-3-12(10)17(22)24)20-16(23)13-4-6-18-15-14(13)9-19-21-15/h2-4,6,8-9H,5,7H2,1H3,(H,20,23)(H,18,19,21). The zero-order chi connectivity index (χ0) is 16.7. The van der Waals surface area contributed by atoms with Gasteiger partial charge < -0.3 is 10.2 Å². The minimum Gasteiger partial charge on any atom is -0.341 e. The molecule has 0 aliphatic carbocycles. The van der Waals surface area contributed by atoms with Gasteiger partial charge in [-0.15, -0.1) is 0 Å². The van der Waals surface area contributed by atoms with E-state index >= 15 is 0 Å².